The summed E-state index contributed by atoms with van der Waals surface area (Å²) in [6.07, 6.45) is 0. The molecule has 0 aliphatic carbocycles. The summed E-state index contributed by atoms with van der Waals surface area (Å²) >= 11 is 2.99. The van der Waals surface area contributed by atoms with Crippen molar-refractivity contribution in [1.29, 1.82) is 0 Å². The van der Waals surface area contributed by atoms with Gasteiger partial charge in [0, 0.05) is 5.75 Å². The number of rotatable bonds is 4. The number of aliphatic carboxylic acids is 1. The Morgan fingerprint density at radius 1 is 1.36 bits per heavy atom. The van der Waals surface area contributed by atoms with Crippen molar-refractivity contribution in [3.05, 3.63) is 23.2 Å². The topological polar surface area (TPSA) is 71.8 Å². The number of thioether (sulfide) groups is 1. The van der Waals surface area contributed by atoms with E-state index in [0.29, 0.717) is 5.75 Å². The number of fused-ring (bicyclic) bond motifs is 1. The van der Waals surface area contributed by atoms with Gasteiger partial charge < -0.3 is 9.53 Å². The molecule has 3 rings (SSSR count). The molecular weight excluding hydrogens is 372 g/mol. The molecule has 0 bridgehead atoms. The van der Waals surface area contributed by atoms with Gasteiger partial charge in [0.15, 0.2) is 6.04 Å². The maximum atomic E-state index is 11.1. The van der Waals surface area contributed by atoms with Crippen molar-refractivity contribution < 1.29 is 14.3 Å². The molecule has 1 atom stereocenters. The first-order valence-electron chi connectivity index (χ1n) is 8.10. The standard InChI is InChI=1S/C17H22N2O3S2Si/c1-17(2,3)25(4,5)22-10-6-7-11-13(8-10)24-15(18-11)14-19-12(9-23-14)16(20)21/h6-8,12H,9H2,1-5H3,(H,20,21)/t12-/m1/s1. The van der Waals surface area contributed by atoms with Crippen molar-refractivity contribution in [3.63, 3.8) is 0 Å². The van der Waals surface area contributed by atoms with Crippen LogP contribution >= 0.6 is 23.1 Å². The fourth-order valence-electron chi connectivity index (χ4n) is 2.13. The normalized spacial score (nSPS) is 18.4. The van der Waals surface area contributed by atoms with Gasteiger partial charge in [0.05, 0.1) is 10.2 Å². The molecule has 1 aromatic heterocycles. The van der Waals surface area contributed by atoms with Crippen LogP contribution in [0.4, 0.5) is 0 Å². The monoisotopic (exact) mass is 394 g/mol. The maximum Gasteiger partial charge on any atom is 0.329 e. The fraction of sp³-hybridized carbons (Fsp3) is 0.471. The molecule has 0 spiro atoms. The van der Waals surface area contributed by atoms with Crippen LogP contribution in [0.3, 0.4) is 0 Å². The largest absolute Gasteiger partial charge is 0.543 e. The van der Waals surface area contributed by atoms with Crippen LogP contribution in [0.2, 0.25) is 18.1 Å². The summed E-state index contributed by atoms with van der Waals surface area (Å²) in [7, 11) is -1.88. The first-order chi connectivity index (χ1) is 11.6. The molecule has 1 aliphatic heterocycles. The van der Waals surface area contributed by atoms with Gasteiger partial charge in [-0.2, -0.15) is 0 Å². The quantitative estimate of drug-likeness (QED) is 0.766. The van der Waals surface area contributed by atoms with Crippen molar-refractivity contribution >= 4 is 52.6 Å². The number of benzene rings is 1. The van der Waals surface area contributed by atoms with Crippen molar-refractivity contribution in [1.82, 2.24) is 4.98 Å². The summed E-state index contributed by atoms with van der Waals surface area (Å²) in [6, 6.07) is 5.30. The summed E-state index contributed by atoms with van der Waals surface area (Å²) in [4.78, 5) is 19.9. The smallest absolute Gasteiger partial charge is 0.329 e. The van der Waals surface area contributed by atoms with Crippen LogP contribution in [-0.4, -0.2) is 41.2 Å². The average molecular weight is 395 g/mol. The van der Waals surface area contributed by atoms with Gasteiger partial charge in [-0.1, -0.05) is 20.8 Å². The highest BCUT2D eigenvalue weighted by Crippen LogP contribution is 2.38. The molecule has 25 heavy (non-hydrogen) atoms. The van der Waals surface area contributed by atoms with Crippen LogP contribution in [-0.2, 0) is 4.79 Å². The Morgan fingerprint density at radius 2 is 2.08 bits per heavy atom. The summed E-state index contributed by atoms with van der Waals surface area (Å²) in [5, 5.41) is 10.7. The maximum absolute atomic E-state index is 11.1. The fourth-order valence-corrected chi connectivity index (χ4v) is 5.24. The Hall–Kier alpha value is -1.38. The lowest BCUT2D eigenvalue weighted by molar-refractivity contribution is -0.137. The van der Waals surface area contributed by atoms with Gasteiger partial charge in [-0.3, -0.25) is 4.99 Å². The molecule has 1 aromatic carbocycles. The van der Waals surface area contributed by atoms with Crippen LogP contribution < -0.4 is 4.43 Å². The van der Waals surface area contributed by atoms with Gasteiger partial charge >= 0.3 is 5.97 Å². The molecule has 0 saturated heterocycles. The zero-order chi connectivity index (χ0) is 18.4. The zero-order valence-electron chi connectivity index (χ0n) is 15.0. The lowest BCUT2D eigenvalue weighted by Crippen LogP contribution is -2.43. The van der Waals surface area contributed by atoms with Crippen LogP contribution in [0, 0.1) is 0 Å². The molecule has 5 nitrogen and oxygen atoms in total. The molecule has 2 aromatic rings. The molecule has 1 aliphatic rings. The lowest BCUT2D eigenvalue weighted by Gasteiger charge is -2.36. The molecule has 8 heteroatoms. The predicted octanol–water partition coefficient (Wildman–Crippen LogP) is 4.63. The number of carboxylic acids is 1. The minimum absolute atomic E-state index is 0.141. The number of thiazole rings is 1. The van der Waals surface area contributed by atoms with Crippen LogP contribution in [0.25, 0.3) is 10.2 Å². The van der Waals surface area contributed by atoms with E-state index in [1.54, 1.807) is 0 Å². The highest BCUT2D eigenvalue weighted by Gasteiger charge is 2.39. The molecule has 0 amide bonds. The molecule has 1 N–H and O–H groups in total. The van der Waals surface area contributed by atoms with Gasteiger partial charge in [0.2, 0.25) is 8.32 Å². The minimum Gasteiger partial charge on any atom is -0.543 e. The van der Waals surface area contributed by atoms with E-state index in [9.17, 15) is 4.79 Å². The molecule has 0 saturated carbocycles. The third-order valence-corrected chi connectivity index (χ3v) is 11.2. The predicted molar refractivity (Wildman–Crippen MR) is 108 cm³/mol. The average Bonchev–Trinajstić information content (AvgIpc) is 3.11. The lowest BCUT2D eigenvalue weighted by atomic mass is 10.2. The SMILES string of the molecule is CC(C)(C)[Si](C)(C)Oc1ccc2nc(C3=N[C@@H](C(=O)O)CS3)sc2c1. The Morgan fingerprint density at radius 3 is 2.68 bits per heavy atom. The number of nitrogens with zero attached hydrogens (tertiary/aromatic N) is 2. The zero-order valence-corrected chi connectivity index (χ0v) is 17.6. The summed E-state index contributed by atoms with van der Waals surface area (Å²) in [6.45, 7) is 11.1. The number of carboxylic acid groups (broad SMARTS) is 1. The molecule has 134 valence electrons. The number of hydrogen-bond acceptors (Lipinski definition) is 6. The van der Waals surface area contributed by atoms with Crippen LogP contribution in [0.1, 0.15) is 25.8 Å². The second-order valence-electron chi connectivity index (χ2n) is 7.61. The molecule has 0 unspecified atom stereocenters. The third-order valence-electron chi connectivity index (χ3n) is 4.66. The summed E-state index contributed by atoms with van der Waals surface area (Å²) < 4.78 is 7.40. The third kappa shape index (κ3) is 3.75. The van der Waals surface area contributed by atoms with Crippen molar-refractivity contribution in [2.45, 2.75) is 44.9 Å². The summed E-state index contributed by atoms with van der Waals surface area (Å²) in [5.74, 6) is 0.465. The number of hydrogen-bond donors (Lipinski definition) is 1. The van der Waals surface area contributed by atoms with E-state index < -0.39 is 20.3 Å². The first-order valence-corrected chi connectivity index (χ1v) is 12.8. The van der Waals surface area contributed by atoms with Gasteiger partial charge in [-0.25, -0.2) is 9.78 Å². The van der Waals surface area contributed by atoms with E-state index in [4.69, 9.17) is 9.53 Å². The van der Waals surface area contributed by atoms with Crippen molar-refractivity contribution in [3.8, 4) is 5.75 Å². The second kappa shape index (κ2) is 6.41. The number of aliphatic imine (C=N–C) groups is 1. The molecule has 2 heterocycles. The highest BCUT2D eigenvalue weighted by atomic mass is 32.2. The van der Waals surface area contributed by atoms with Crippen LogP contribution in [0.15, 0.2) is 23.2 Å². The van der Waals surface area contributed by atoms with Gasteiger partial charge in [0.25, 0.3) is 0 Å². The Kier molecular flexibility index (Phi) is 4.72. The van der Waals surface area contributed by atoms with E-state index in [1.165, 1.54) is 23.1 Å². The number of carbonyl (C=O) groups is 1. The van der Waals surface area contributed by atoms with Crippen LogP contribution in [0.5, 0.6) is 5.75 Å². The highest BCUT2D eigenvalue weighted by molar-refractivity contribution is 8.15. The van der Waals surface area contributed by atoms with E-state index in [1.807, 2.05) is 18.2 Å². The summed E-state index contributed by atoms with van der Waals surface area (Å²) in [5.41, 5.74) is 0.893. The number of aromatic nitrogens is 1. The van der Waals surface area contributed by atoms with E-state index in [-0.39, 0.29) is 5.04 Å². The van der Waals surface area contributed by atoms with Gasteiger partial charge in [0.1, 0.15) is 15.8 Å². The van der Waals surface area contributed by atoms with Gasteiger partial charge in [-0.05, 0) is 36.3 Å². The van der Waals surface area contributed by atoms with Gasteiger partial charge in [-0.15, -0.1) is 23.1 Å². The first kappa shape index (κ1) is 18.4. The van der Waals surface area contributed by atoms with Crippen molar-refractivity contribution in [2.24, 2.45) is 4.99 Å². The molecular formula is C17H22N2O3S2Si. The Bertz CT molecular complexity index is 855. The van der Waals surface area contributed by atoms with E-state index >= 15 is 0 Å². The van der Waals surface area contributed by atoms with E-state index in [2.05, 4.69) is 43.8 Å². The Balaban J connectivity index is 1.88. The molecule has 0 fully saturated rings. The van der Waals surface area contributed by atoms with Crippen molar-refractivity contribution in [2.75, 3.05) is 5.75 Å². The minimum atomic E-state index is -1.88. The molecule has 0 radical (unpaired) electrons. The van der Waals surface area contributed by atoms with E-state index in [0.717, 1.165) is 26.0 Å². The second-order valence-corrected chi connectivity index (χ2v) is 14.4. The Labute approximate surface area is 156 Å².